The van der Waals surface area contributed by atoms with Gasteiger partial charge in [-0.3, -0.25) is 4.79 Å². The van der Waals surface area contributed by atoms with Gasteiger partial charge in [-0.05, 0) is 35.6 Å². The van der Waals surface area contributed by atoms with Crippen molar-refractivity contribution in [2.45, 2.75) is 13.3 Å². The zero-order valence-electron chi connectivity index (χ0n) is 12.5. The van der Waals surface area contributed by atoms with Crippen molar-refractivity contribution in [1.29, 1.82) is 0 Å². The van der Waals surface area contributed by atoms with E-state index in [4.69, 9.17) is 9.47 Å². The Morgan fingerprint density at radius 1 is 1.32 bits per heavy atom. The Labute approximate surface area is 132 Å². The number of benzene rings is 1. The molecule has 1 aromatic carbocycles. The highest BCUT2D eigenvalue weighted by molar-refractivity contribution is 7.12. The Hall–Kier alpha value is -1.92. The second-order valence-electron chi connectivity index (χ2n) is 4.56. The number of anilines is 1. The summed E-state index contributed by atoms with van der Waals surface area (Å²) >= 11 is 1.37. The zero-order valence-corrected chi connectivity index (χ0v) is 13.3. The van der Waals surface area contributed by atoms with Crippen LogP contribution in [-0.2, 0) is 11.2 Å². The molecule has 0 radical (unpaired) electrons. The highest BCUT2D eigenvalue weighted by Gasteiger charge is 2.15. The summed E-state index contributed by atoms with van der Waals surface area (Å²) < 4.78 is 23.9. The van der Waals surface area contributed by atoms with Gasteiger partial charge in [-0.25, -0.2) is 4.39 Å². The fourth-order valence-electron chi connectivity index (χ4n) is 1.95. The molecule has 1 amide bonds. The van der Waals surface area contributed by atoms with Gasteiger partial charge in [-0.1, -0.05) is 6.92 Å². The summed E-state index contributed by atoms with van der Waals surface area (Å²) in [5.74, 6) is -0.272. The van der Waals surface area contributed by atoms with Crippen molar-refractivity contribution in [2.24, 2.45) is 0 Å². The molecular weight excluding hydrogens is 305 g/mol. The first-order valence-corrected chi connectivity index (χ1v) is 7.82. The van der Waals surface area contributed by atoms with E-state index in [1.165, 1.54) is 29.5 Å². The van der Waals surface area contributed by atoms with E-state index in [9.17, 15) is 9.18 Å². The predicted octanol–water partition coefficient (Wildman–Crippen LogP) is 3.73. The third kappa shape index (κ3) is 4.05. The maximum absolute atomic E-state index is 13.4. The number of hydrogen-bond acceptors (Lipinski definition) is 4. The minimum atomic E-state index is -0.434. The molecule has 0 aliphatic carbocycles. The monoisotopic (exact) mass is 323 g/mol. The maximum atomic E-state index is 13.4. The van der Waals surface area contributed by atoms with Crippen LogP contribution in [0.4, 0.5) is 10.1 Å². The summed E-state index contributed by atoms with van der Waals surface area (Å²) in [5.41, 5.74) is 1.29. The van der Waals surface area contributed by atoms with Crippen molar-refractivity contribution >= 4 is 22.9 Å². The number of halogens is 1. The van der Waals surface area contributed by atoms with Crippen LogP contribution in [0.3, 0.4) is 0 Å². The number of nitrogens with one attached hydrogen (secondary N) is 1. The van der Waals surface area contributed by atoms with Crippen LogP contribution < -0.4 is 10.1 Å². The van der Waals surface area contributed by atoms with Crippen LogP contribution in [0.2, 0.25) is 0 Å². The molecule has 0 fully saturated rings. The molecule has 0 atom stereocenters. The van der Waals surface area contributed by atoms with E-state index in [2.05, 4.69) is 5.32 Å². The Morgan fingerprint density at radius 3 is 2.86 bits per heavy atom. The summed E-state index contributed by atoms with van der Waals surface area (Å²) in [5, 5.41) is 4.59. The number of carbonyl (C=O) groups excluding carboxylic acids is 1. The third-order valence-corrected chi connectivity index (χ3v) is 4.02. The van der Waals surface area contributed by atoms with Crippen molar-refractivity contribution in [3.05, 3.63) is 45.9 Å². The third-order valence-electron chi connectivity index (χ3n) is 3.07. The van der Waals surface area contributed by atoms with Crippen LogP contribution >= 0.6 is 11.3 Å². The molecule has 0 bridgehead atoms. The van der Waals surface area contributed by atoms with E-state index in [-0.39, 0.29) is 5.91 Å². The van der Waals surface area contributed by atoms with Crippen LogP contribution in [0.15, 0.2) is 29.6 Å². The van der Waals surface area contributed by atoms with E-state index in [0.29, 0.717) is 29.5 Å². The molecule has 4 nitrogen and oxygen atoms in total. The van der Waals surface area contributed by atoms with Gasteiger partial charge >= 0.3 is 0 Å². The summed E-state index contributed by atoms with van der Waals surface area (Å²) in [7, 11) is 1.57. The molecule has 0 unspecified atom stereocenters. The number of thiophene rings is 1. The van der Waals surface area contributed by atoms with Crippen LogP contribution in [0.25, 0.3) is 0 Å². The lowest BCUT2D eigenvalue weighted by Gasteiger charge is -2.12. The first-order chi connectivity index (χ1) is 10.7. The number of aryl methyl sites for hydroxylation is 1. The Kier molecular flexibility index (Phi) is 5.91. The first kappa shape index (κ1) is 16.5. The molecule has 0 saturated carbocycles. The molecule has 1 heterocycles. The van der Waals surface area contributed by atoms with E-state index in [1.54, 1.807) is 7.11 Å². The van der Waals surface area contributed by atoms with Gasteiger partial charge in [0.1, 0.15) is 18.2 Å². The maximum Gasteiger partial charge on any atom is 0.266 e. The normalized spacial score (nSPS) is 10.5. The van der Waals surface area contributed by atoms with Crippen molar-refractivity contribution in [1.82, 2.24) is 0 Å². The van der Waals surface area contributed by atoms with Gasteiger partial charge in [0.15, 0.2) is 0 Å². The molecule has 1 N–H and O–H groups in total. The molecule has 6 heteroatoms. The van der Waals surface area contributed by atoms with E-state index < -0.39 is 5.82 Å². The molecule has 22 heavy (non-hydrogen) atoms. The lowest BCUT2D eigenvalue weighted by molar-refractivity contribution is 0.102. The summed E-state index contributed by atoms with van der Waals surface area (Å²) in [6.07, 6.45) is 0.770. The molecule has 118 valence electrons. The molecule has 0 spiro atoms. The van der Waals surface area contributed by atoms with Crippen molar-refractivity contribution in [3.63, 3.8) is 0 Å². The van der Waals surface area contributed by atoms with Crippen molar-refractivity contribution in [3.8, 4) is 5.75 Å². The fourth-order valence-corrected chi connectivity index (χ4v) is 2.84. The fraction of sp³-hybridized carbons (Fsp3) is 0.312. The molecule has 1 aromatic heterocycles. The van der Waals surface area contributed by atoms with Crippen molar-refractivity contribution < 1.29 is 18.7 Å². The highest BCUT2D eigenvalue weighted by Crippen LogP contribution is 2.27. The standard InChI is InChI=1S/C16H18FNO3S/c1-3-11-6-9-22-15(11)16(19)18-13-10-12(17)4-5-14(13)21-8-7-20-2/h4-6,9-10H,3,7-8H2,1-2H3,(H,18,19). The minimum absolute atomic E-state index is 0.256. The second-order valence-corrected chi connectivity index (χ2v) is 5.48. The molecular formula is C16H18FNO3S. The van der Waals surface area contributed by atoms with Gasteiger partial charge in [0.05, 0.1) is 17.2 Å². The average molecular weight is 323 g/mol. The number of amides is 1. The minimum Gasteiger partial charge on any atom is -0.489 e. The van der Waals surface area contributed by atoms with Gasteiger partial charge in [0.25, 0.3) is 5.91 Å². The lowest BCUT2D eigenvalue weighted by atomic mass is 10.2. The summed E-state index contributed by atoms with van der Waals surface area (Å²) in [6, 6.07) is 5.95. The average Bonchev–Trinajstić information content (AvgIpc) is 2.98. The molecule has 0 aliphatic rings. The number of carbonyl (C=O) groups is 1. The van der Waals surface area contributed by atoms with Crippen LogP contribution in [0.1, 0.15) is 22.2 Å². The summed E-state index contributed by atoms with van der Waals surface area (Å²) in [6.45, 7) is 2.72. The second kappa shape index (κ2) is 7.91. The quantitative estimate of drug-likeness (QED) is 0.790. The molecule has 0 saturated heterocycles. The number of rotatable bonds is 7. The molecule has 2 aromatic rings. The number of methoxy groups -OCH3 is 1. The number of ether oxygens (including phenoxy) is 2. The van der Waals surface area contributed by atoms with E-state index in [0.717, 1.165) is 12.0 Å². The predicted molar refractivity (Wildman–Crippen MR) is 85.4 cm³/mol. The Bertz CT molecular complexity index is 642. The lowest BCUT2D eigenvalue weighted by Crippen LogP contribution is -2.14. The SMILES string of the molecule is CCc1ccsc1C(=O)Nc1cc(F)ccc1OCCOC. The first-order valence-electron chi connectivity index (χ1n) is 6.94. The van der Waals surface area contributed by atoms with Crippen molar-refractivity contribution in [2.75, 3.05) is 25.6 Å². The van der Waals surface area contributed by atoms with Gasteiger partial charge < -0.3 is 14.8 Å². The van der Waals surface area contributed by atoms with Crippen LogP contribution in [-0.4, -0.2) is 26.2 Å². The number of hydrogen-bond donors (Lipinski definition) is 1. The Balaban J connectivity index is 2.17. The summed E-state index contributed by atoms with van der Waals surface area (Å²) in [4.78, 5) is 13.0. The van der Waals surface area contributed by atoms with E-state index >= 15 is 0 Å². The molecule has 2 rings (SSSR count). The Morgan fingerprint density at radius 2 is 2.14 bits per heavy atom. The topological polar surface area (TPSA) is 47.6 Å². The molecule has 0 aliphatic heterocycles. The van der Waals surface area contributed by atoms with Gasteiger partial charge in [0, 0.05) is 13.2 Å². The van der Waals surface area contributed by atoms with Crippen LogP contribution in [0.5, 0.6) is 5.75 Å². The van der Waals surface area contributed by atoms with Gasteiger partial charge in [0.2, 0.25) is 0 Å². The van der Waals surface area contributed by atoms with Crippen LogP contribution in [0, 0.1) is 5.82 Å². The van der Waals surface area contributed by atoms with E-state index in [1.807, 2.05) is 18.4 Å². The zero-order chi connectivity index (χ0) is 15.9. The largest absolute Gasteiger partial charge is 0.489 e. The smallest absolute Gasteiger partial charge is 0.266 e. The highest BCUT2D eigenvalue weighted by atomic mass is 32.1. The van der Waals surface area contributed by atoms with Gasteiger partial charge in [-0.2, -0.15) is 0 Å². The van der Waals surface area contributed by atoms with Gasteiger partial charge in [-0.15, -0.1) is 11.3 Å².